The number of carboxylic acids is 1. The van der Waals surface area contributed by atoms with Crippen molar-refractivity contribution in [2.75, 3.05) is 6.54 Å². The van der Waals surface area contributed by atoms with E-state index in [0.29, 0.717) is 18.9 Å². The highest BCUT2D eigenvalue weighted by molar-refractivity contribution is 5.85. The van der Waals surface area contributed by atoms with Crippen LogP contribution in [0.1, 0.15) is 50.1 Å². The standard InChI is InChI=1S/C17H27N3O3/c1-11(2)10-20-13(4)14(12(3)18-20)9-16(21)19-8-6-5-7-15(19)17(22)23/h11,15H,5-10H2,1-4H3,(H,22,23)/t15-/m0/s1. The normalized spacial score (nSPS) is 18.5. The molecule has 23 heavy (non-hydrogen) atoms. The van der Waals surface area contributed by atoms with E-state index >= 15 is 0 Å². The number of aliphatic carboxylic acids is 1. The zero-order valence-electron chi connectivity index (χ0n) is 14.5. The van der Waals surface area contributed by atoms with Crippen LogP contribution in [-0.4, -0.2) is 44.3 Å². The molecule has 1 fully saturated rings. The lowest BCUT2D eigenvalue weighted by atomic mass is 10.0. The van der Waals surface area contributed by atoms with Gasteiger partial charge in [-0.05, 0) is 39.0 Å². The van der Waals surface area contributed by atoms with Gasteiger partial charge in [-0.15, -0.1) is 0 Å². The summed E-state index contributed by atoms with van der Waals surface area (Å²) in [6.45, 7) is 9.52. The second-order valence-electron chi connectivity index (χ2n) is 6.84. The Labute approximate surface area is 137 Å². The molecule has 0 unspecified atom stereocenters. The van der Waals surface area contributed by atoms with Gasteiger partial charge in [-0.1, -0.05) is 13.8 Å². The van der Waals surface area contributed by atoms with Gasteiger partial charge < -0.3 is 10.0 Å². The van der Waals surface area contributed by atoms with E-state index in [-0.39, 0.29) is 12.3 Å². The predicted octanol–water partition coefficient (Wildman–Crippen LogP) is 2.16. The Hall–Kier alpha value is -1.85. The lowest BCUT2D eigenvalue weighted by Crippen LogP contribution is -2.48. The number of aromatic nitrogens is 2. The first-order valence-corrected chi connectivity index (χ1v) is 8.36. The topological polar surface area (TPSA) is 75.4 Å². The third kappa shape index (κ3) is 3.92. The van der Waals surface area contributed by atoms with Crippen LogP contribution >= 0.6 is 0 Å². The molecule has 0 aliphatic carbocycles. The average molecular weight is 321 g/mol. The maximum Gasteiger partial charge on any atom is 0.326 e. The van der Waals surface area contributed by atoms with Gasteiger partial charge in [-0.2, -0.15) is 5.10 Å². The van der Waals surface area contributed by atoms with Gasteiger partial charge in [0, 0.05) is 24.3 Å². The Kier molecular flexibility index (Phi) is 5.44. The molecule has 6 heteroatoms. The number of hydrogen-bond acceptors (Lipinski definition) is 3. The fourth-order valence-corrected chi connectivity index (χ4v) is 3.25. The molecule has 0 saturated carbocycles. The number of nitrogens with zero attached hydrogens (tertiary/aromatic N) is 3. The molecule has 2 rings (SSSR count). The van der Waals surface area contributed by atoms with Gasteiger partial charge in [0.1, 0.15) is 6.04 Å². The zero-order chi connectivity index (χ0) is 17.1. The molecule has 0 aromatic carbocycles. The van der Waals surface area contributed by atoms with E-state index in [1.54, 1.807) is 0 Å². The highest BCUT2D eigenvalue weighted by Crippen LogP contribution is 2.21. The van der Waals surface area contributed by atoms with Crippen molar-refractivity contribution in [1.82, 2.24) is 14.7 Å². The molecule has 1 saturated heterocycles. The largest absolute Gasteiger partial charge is 0.480 e. The van der Waals surface area contributed by atoms with Crippen molar-refractivity contribution in [1.29, 1.82) is 0 Å². The maximum atomic E-state index is 12.6. The van der Waals surface area contributed by atoms with Gasteiger partial charge in [-0.3, -0.25) is 9.48 Å². The molecular formula is C17H27N3O3. The quantitative estimate of drug-likeness (QED) is 0.902. The lowest BCUT2D eigenvalue weighted by molar-refractivity contribution is -0.151. The van der Waals surface area contributed by atoms with E-state index in [0.717, 1.165) is 36.3 Å². The Balaban J connectivity index is 2.16. The van der Waals surface area contributed by atoms with Gasteiger partial charge >= 0.3 is 5.97 Å². The molecule has 6 nitrogen and oxygen atoms in total. The van der Waals surface area contributed by atoms with E-state index in [9.17, 15) is 14.7 Å². The molecule has 0 spiro atoms. The first kappa shape index (κ1) is 17.5. The first-order chi connectivity index (χ1) is 10.8. The maximum absolute atomic E-state index is 12.6. The predicted molar refractivity (Wildman–Crippen MR) is 87.2 cm³/mol. The molecule has 0 radical (unpaired) electrons. The van der Waals surface area contributed by atoms with Crippen LogP contribution in [0, 0.1) is 19.8 Å². The van der Waals surface area contributed by atoms with Gasteiger partial charge in [0.2, 0.25) is 5.91 Å². The number of carboxylic acid groups (broad SMARTS) is 1. The monoisotopic (exact) mass is 321 g/mol. The fourth-order valence-electron chi connectivity index (χ4n) is 3.25. The number of aryl methyl sites for hydroxylation is 1. The molecule has 128 valence electrons. The Morgan fingerprint density at radius 1 is 1.30 bits per heavy atom. The molecule has 1 aromatic heterocycles. The summed E-state index contributed by atoms with van der Waals surface area (Å²) in [6, 6.07) is -0.678. The molecule has 1 atom stereocenters. The van der Waals surface area contributed by atoms with Crippen molar-refractivity contribution in [3.05, 3.63) is 17.0 Å². The molecule has 2 heterocycles. The highest BCUT2D eigenvalue weighted by atomic mass is 16.4. The van der Waals surface area contributed by atoms with Crippen LogP contribution in [0.25, 0.3) is 0 Å². The minimum atomic E-state index is -0.901. The lowest BCUT2D eigenvalue weighted by Gasteiger charge is -2.33. The van der Waals surface area contributed by atoms with Gasteiger partial charge in [-0.25, -0.2) is 4.79 Å². The summed E-state index contributed by atoms with van der Waals surface area (Å²) >= 11 is 0. The molecule has 1 amide bonds. The number of carbonyl (C=O) groups is 2. The van der Waals surface area contributed by atoms with Gasteiger partial charge in [0.15, 0.2) is 0 Å². The van der Waals surface area contributed by atoms with Crippen molar-refractivity contribution >= 4 is 11.9 Å². The number of carbonyl (C=O) groups excluding carboxylic acids is 1. The van der Waals surface area contributed by atoms with Crippen LogP contribution < -0.4 is 0 Å². The smallest absolute Gasteiger partial charge is 0.326 e. The van der Waals surface area contributed by atoms with Gasteiger partial charge in [0.25, 0.3) is 0 Å². The van der Waals surface area contributed by atoms with Crippen LogP contribution in [0.5, 0.6) is 0 Å². The van der Waals surface area contributed by atoms with Crippen molar-refractivity contribution in [3.8, 4) is 0 Å². The minimum absolute atomic E-state index is 0.104. The average Bonchev–Trinajstić information content (AvgIpc) is 2.74. The molecular weight excluding hydrogens is 294 g/mol. The Morgan fingerprint density at radius 3 is 2.61 bits per heavy atom. The molecule has 1 aliphatic rings. The summed E-state index contributed by atoms with van der Waals surface area (Å²) in [6.07, 6.45) is 2.52. The number of amides is 1. The Morgan fingerprint density at radius 2 is 2.00 bits per heavy atom. The second kappa shape index (κ2) is 7.15. The third-order valence-electron chi connectivity index (χ3n) is 4.51. The molecule has 1 aliphatic heterocycles. The molecule has 1 N–H and O–H groups in total. The van der Waals surface area contributed by atoms with Crippen LogP contribution in [0.15, 0.2) is 0 Å². The highest BCUT2D eigenvalue weighted by Gasteiger charge is 2.32. The summed E-state index contributed by atoms with van der Waals surface area (Å²) in [7, 11) is 0. The molecule has 1 aromatic rings. The van der Waals surface area contributed by atoms with Crippen molar-refractivity contribution in [2.45, 2.75) is 66.0 Å². The number of likely N-dealkylation sites (tertiary alicyclic amines) is 1. The summed E-state index contributed by atoms with van der Waals surface area (Å²) in [5, 5.41) is 13.9. The van der Waals surface area contributed by atoms with Crippen LogP contribution in [0.2, 0.25) is 0 Å². The number of rotatable bonds is 5. The number of piperidine rings is 1. The van der Waals surface area contributed by atoms with Crippen LogP contribution in [0.4, 0.5) is 0 Å². The van der Waals surface area contributed by atoms with Crippen molar-refractivity contribution < 1.29 is 14.7 Å². The van der Waals surface area contributed by atoms with Crippen molar-refractivity contribution in [3.63, 3.8) is 0 Å². The van der Waals surface area contributed by atoms with Crippen LogP contribution in [0.3, 0.4) is 0 Å². The van der Waals surface area contributed by atoms with Crippen LogP contribution in [-0.2, 0) is 22.6 Å². The zero-order valence-corrected chi connectivity index (χ0v) is 14.5. The van der Waals surface area contributed by atoms with E-state index in [1.165, 1.54) is 4.90 Å². The van der Waals surface area contributed by atoms with E-state index in [2.05, 4.69) is 18.9 Å². The van der Waals surface area contributed by atoms with Crippen molar-refractivity contribution in [2.24, 2.45) is 5.92 Å². The van der Waals surface area contributed by atoms with E-state index in [4.69, 9.17) is 0 Å². The minimum Gasteiger partial charge on any atom is -0.480 e. The van der Waals surface area contributed by atoms with E-state index in [1.807, 2.05) is 18.5 Å². The SMILES string of the molecule is Cc1nn(CC(C)C)c(C)c1CC(=O)N1CCCC[C@H]1C(=O)O. The first-order valence-electron chi connectivity index (χ1n) is 8.36. The number of hydrogen-bond donors (Lipinski definition) is 1. The Bertz CT molecular complexity index is 592. The molecule has 0 bridgehead atoms. The second-order valence-corrected chi connectivity index (χ2v) is 6.84. The third-order valence-corrected chi connectivity index (χ3v) is 4.51. The van der Waals surface area contributed by atoms with Gasteiger partial charge in [0.05, 0.1) is 12.1 Å². The summed E-state index contributed by atoms with van der Waals surface area (Å²) in [5.41, 5.74) is 2.80. The fraction of sp³-hybridized carbons (Fsp3) is 0.706. The summed E-state index contributed by atoms with van der Waals surface area (Å²) in [4.78, 5) is 25.5. The van der Waals surface area contributed by atoms with E-state index < -0.39 is 12.0 Å². The summed E-state index contributed by atoms with van der Waals surface area (Å²) in [5.74, 6) is -0.524. The summed E-state index contributed by atoms with van der Waals surface area (Å²) < 4.78 is 1.95.